The summed E-state index contributed by atoms with van der Waals surface area (Å²) in [6.07, 6.45) is 0. The van der Waals surface area contributed by atoms with Crippen molar-refractivity contribution in [2.75, 3.05) is 16.8 Å². The lowest BCUT2D eigenvalue weighted by Gasteiger charge is -2.09. The Bertz CT molecular complexity index is 1120. The van der Waals surface area contributed by atoms with Crippen LogP contribution >= 0.6 is 0 Å². The number of nitrogens with one attached hydrogen (secondary N) is 1. The number of rotatable bonds is 3. The van der Waals surface area contributed by atoms with Crippen LogP contribution in [0.15, 0.2) is 78.9 Å². The molecule has 4 rings (SSSR count). The summed E-state index contributed by atoms with van der Waals surface area (Å²) in [5, 5.41) is 3.80. The smallest absolute Gasteiger partial charge is 0.257 e. The van der Waals surface area contributed by atoms with Crippen LogP contribution in [0.25, 0.3) is 22.2 Å². The normalized spacial score (nSPS) is 10.7. The van der Waals surface area contributed by atoms with Crippen molar-refractivity contribution in [3.63, 3.8) is 0 Å². The van der Waals surface area contributed by atoms with Crippen LogP contribution in [0.4, 0.5) is 17.1 Å². The topological polar surface area (TPSA) is 94.0 Å². The molecule has 0 aliphatic heterocycles. The van der Waals surface area contributed by atoms with Gasteiger partial charge in [0.25, 0.3) is 5.91 Å². The third-order valence-electron chi connectivity index (χ3n) is 4.34. The number of nitrogens with zero attached hydrogens (tertiary/aromatic N) is 1. The van der Waals surface area contributed by atoms with Gasteiger partial charge in [0, 0.05) is 28.0 Å². The van der Waals surface area contributed by atoms with Crippen LogP contribution in [0.3, 0.4) is 0 Å². The van der Waals surface area contributed by atoms with Gasteiger partial charge in [0.05, 0.1) is 16.8 Å². The monoisotopic (exact) mass is 354 g/mol. The van der Waals surface area contributed by atoms with E-state index in [9.17, 15) is 4.79 Å². The maximum atomic E-state index is 12.8. The first-order valence-corrected chi connectivity index (χ1v) is 8.53. The average Bonchev–Trinajstić information content (AvgIpc) is 2.69. The Morgan fingerprint density at radius 2 is 1.44 bits per heavy atom. The second-order valence-electron chi connectivity index (χ2n) is 6.27. The van der Waals surface area contributed by atoms with Crippen LogP contribution < -0.4 is 16.8 Å². The Kier molecular flexibility index (Phi) is 4.18. The third kappa shape index (κ3) is 3.43. The van der Waals surface area contributed by atoms with Crippen LogP contribution in [0.1, 0.15) is 10.4 Å². The number of nitrogens with two attached hydrogens (primary N) is 2. The molecule has 0 bridgehead atoms. The highest BCUT2D eigenvalue weighted by molar-refractivity contribution is 6.12. The van der Waals surface area contributed by atoms with Crippen LogP contribution in [0.2, 0.25) is 0 Å². The predicted molar refractivity (Wildman–Crippen MR) is 110 cm³/mol. The molecular formula is C22H18N4O. The van der Waals surface area contributed by atoms with E-state index in [4.69, 9.17) is 16.5 Å². The molecular weight excluding hydrogens is 336 g/mol. The van der Waals surface area contributed by atoms with E-state index >= 15 is 0 Å². The van der Waals surface area contributed by atoms with Gasteiger partial charge in [0.2, 0.25) is 0 Å². The highest BCUT2D eigenvalue weighted by Crippen LogP contribution is 2.24. The molecule has 0 aliphatic carbocycles. The molecule has 1 heterocycles. The summed E-state index contributed by atoms with van der Waals surface area (Å²) in [6, 6.07) is 24.0. The van der Waals surface area contributed by atoms with Gasteiger partial charge in [0.15, 0.2) is 0 Å². The van der Waals surface area contributed by atoms with E-state index in [1.807, 2.05) is 48.5 Å². The fraction of sp³-hybridized carbons (Fsp3) is 0. The number of carbonyl (C=O) groups is 1. The van der Waals surface area contributed by atoms with Gasteiger partial charge in [-0.25, -0.2) is 4.98 Å². The van der Waals surface area contributed by atoms with Gasteiger partial charge in [-0.3, -0.25) is 4.79 Å². The number of nitrogen functional groups attached to an aromatic ring is 2. The summed E-state index contributed by atoms with van der Waals surface area (Å²) >= 11 is 0. The van der Waals surface area contributed by atoms with E-state index in [1.165, 1.54) is 0 Å². The Labute approximate surface area is 156 Å². The zero-order valence-electron chi connectivity index (χ0n) is 14.5. The predicted octanol–water partition coefficient (Wildman–Crippen LogP) is 4.32. The van der Waals surface area contributed by atoms with Crippen LogP contribution in [-0.4, -0.2) is 10.9 Å². The fourth-order valence-electron chi connectivity index (χ4n) is 2.91. The Morgan fingerprint density at radius 1 is 0.778 bits per heavy atom. The first-order valence-electron chi connectivity index (χ1n) is 8.53. The van der Waals surface area contributed by atoms with E-state index in [1.54, 1.807) is 30.3 Å². The lowest BCUT2D eigenvalue weighted by Crippen LogP contribution is -2.13. The largest absolute Gasteiger partial charge is 0.399 e. The zero-order valence-corrected chi connectivity index (χ0v) is 14.5. The van der Waals surface area contributed by atoms with E-state index in [0.717, 1.165) is 16.6 Å². The molecule has 5 N–H and O–H groups in total. The molecule has 0 atom stereocenters. The Balaban J connectivity index is 1.73. The van der Waals surface area contributed by atoms with Crippen molar-refractivity contribution in [2.24, 2.45) is 0 Å². The van der Waals surface area contributed by atoms with Crippen molar-refractivity contribution in [2.45, 2.75) is 0 Å². The number of pyridine rings is 1. The van der Waals surface area contributed by atoms with Crippen LogP contribution in [0.5, 0.6) is 0 Å². The van der Waals surface area contributed by atoms with E-state index in [0.29, 0.717) is 28.1 Å². The third-order valence-corrected chi connectivity index (χ3v) is 4.34. The molecule has 1 aromatic heterocycles. The SMILES string of the molecule is Nc1ccc(NC(=O)c2cccc3ccc(-c4ccc(N)cc4)nc23)cc1. The second kappa shape index (κ2) is 6.80. The number of hydrogen-bond acceptors (Lipinski definition) is 4. The summed E-state index contributed by atoms with van der Waals surface area (Å²) in [5.41, 5.74) is 16.4. The number of para-hydroxylation sites is 1. The second-order valence-corrected chi connectivity index (χ2v) is 6.27. The van der Waals surface area contributed by atoms with Crippen LogP contribution in [-0.2, 0) is 0 Å². The van der Waals surface area contributed by atoms with E-state index in [2.05, 4.69) is 5.32 Å². The molecule has 27 heavy (non-hydrogen) atoms. The molecule has 132 valence electrons. The maximum Gasteiger partial charge on any atom is 0.257 e. The molecule has 0 spiro atoms. The van der Waals surface area contributed by atoms with Gasteiger partial charge in [-0.05, 0) is 48.5 Å². The van der Waals surface area contributed by atoms with Crippen molar-refractivity contribution < 1.29 is 4.79 Å². The molecule has 0 radical (unpaired) electrons. The number of anilines is 3. The molecule has 5 nitrogen and oxygen atoms in total. The molecule has 0 unspecified atom stereocenters. The summed E-state index contributed by atoms with van der Waals surface area (Å²) in [7, 11) is 0. The maximum absolute atomic E-state index is 12.8. The molecule has 0 saturated carbocycles. The zero-order chi connectivity index (χ0) is 18.8. The quantitative estimate of drug-likeness (QED) is 0.478. The molecule has 0 aliphatic rings. The number of fused-ring (bicyclic) bond motifs is 1. The van der Waals surface area contributed by atoms with Crippen molar-refractivity contribution >= 4 is 33.9 Å². The summed E-state index contributed by atoms with van der Waals surface area (Å²) in [4.78, 5) is 17.5. The molecule has 3 aromatic carbocycles. The van der Waals surface area contributed by atoms with Gasteiger partial charge < -0.3 is 16.8 Å². The summed E-state index contributed by atoms with van der Waals surface area (Å²) in [5.74, 6) is -0.215. The van der Waals surface area contributed by atoms with Gasteiger partial charge in [-0.2, -0.15) is 0 Å². The minimum Gasteiger partial charge on any atom is -0.399 e. The Morgan fingerprint density at radius 3 is 2.15 bits per heavy atom. The first-order chi connectivity index (χ1) is 13.1. The highest BCUT2D eigenvalue weighted by atomic mass is 16.1. The summed E-state index contributed by atoms with van der Waals surface area (Å²) < 4.78 is 0. The molecule has 0 saturated heterocycles. The van der Waals surface area contributed by atoms with Crippen molar-refractivity contribution in [3.8, 4) is 11.3 Å². The number of amides is 1. The minimum atomic E-state index is -0.215. The molecule has 4 aromatic rings. The van der Waals surface area contributed by atoms with Crippen molar-refractivity contribution in [1.29, 1.82) is 0 Å². The van der Waals surface area contributed by atoms with Crippen LogP contribution in [0, 0.1) is 0 Å². The fourth-order valence-corrected chi connectivity index (χ4v) is 2.91. The van der Waals surface area contributed by atoms with Crippen molar-refractivity contribution in [1.82, 2.24) is 4.98 Å². The van der Waals surface area contributed by atoms with Gasteiger partial charge in [-0.15, -0.1) is 0 Å². The summed E-state index contributed by atoms with van der Waals surface area (Å²) in [6.45, 7) is 0. The standard InChI is InChI=1S/C22H18N4O/c23-16-7-4-14(5-8-16)20-13-6-15-2-1-3-19(21(15)26-20)22(27)25-18-11-9-17(24)10-12-18/h1-13H,23-24H2,(H,25,27). The Hall–Kier alpha value is -3.86. The number of carbonyl (C=O) groups excluding carboxylic acids is 1. The van der Waals surface area contributed by atoms with Gasteiger partial charge in [-0.1, -0.05) is 30.3 Å². The van der Waals surface area contributed by atoms with E-state index < -0.39 is 0 Å². The number of benzene rings is 3. The molecule has 1 amide bonds. The number of hydrogen-bond donors (Lipinski definition) is 3. The molecule has 5 heteroatoms. The first kappa shape index (κ1) is 16.6. The lowest BCUT2D eigenvalue weighted by molar-refractivity contribution is 0.102. The van der Waals surface area contributed by atoms with Gasteiger partial charge in [0.1, 0.15) is 0 Å². The highest BCUT2D eigenvalue weighted by Gasteiger charge is 2.12. The molecule has 0 fully saturated rings. The minimum absolute atomic E-state index is 0.215. The average molecular weight is 354 g/mol. The lowest BCUT2D eigenvalue weighted by atomic mass is 10.1. The van der Waals surface area contributed by atoms with Crippen molar-refractivity contribution in [3.05, 3.63) is 84.4 Å². The number of aromatic nitrogens is 1. The van der Waals surface area contributed by atoms with E-state index in [-0.39, 0.29) is 5.91 Å². The van der Waals surface area contributed by atoms with Gasteiger partial charge >= 0.3 is 0 Å².